The SMILES string of the molecule is NC1CCN(CCC(=O)NCCCNC(=O)COc2cccc3c2C(=O)N(C2CCC(=O)NC2=O)C3=O)CC1. The van der Waals surface area contributed by atoms with E-state index in [2.05, 4.69) is 20.9 Å². The minimum atomic E-state index is -1.09. The van der Waals surface area contributed by atoms with E-state index in [4.69, 9.17) is 10.5 Å². The Bertz CT molecular complexity index is 1150. The van der Waals surface area contributed by atoms with Gasteiger partial charge in [0.25, 0.3) is 17.7 Å². The van der Waals surface area contributed by atoms with Crippen LogP contribution in [0.15, 0.2) is 18.2 Å². The van der Waals surface area contributed by atoms with E-state index in [1.165, 1.54) is 18.2 Å². The van der Waals surface area contributed by atoms with Crippen molar-refractivity contribution in [2.24, 2.45) is 5.73 Å². The Labute approximate surface area is 225 Å². The number of carbonyl (C=O) groups is 6. The predicted molar refractivity (Wildman–Crippen MR) is 138 cm³/mol. The maximum absolute atomic E-state index is 13.1. The first-order chi connectivity index (χ1) is 18.7. The second-order valence-electron chi connectivity index (χ2n) is 9.90. The summed E-state index contributed by atoms with van der Waals surface area (Å²) in [7, 11) is 0. The third-order valence-corrected chi connectivity index (χ3v) is 7.07. The molecule has 0 aromatic heterocycles. The molecule has 0 radical (unpaired) electrons. The average molecular weight is 543 g/mol. The summed E-state index contributed by atoms with van der Waals surface area (Å²) in [6, 6.07) is 3.61. The highest BCUT2D eigenvalue weighted by molar-refractivity contribution is 6.24. The highest BCUT2D eigenvalue weighted by atomic mass is 16.5. The number of benzene rings is 1. The quantitative estimate of drug-likeness (QED) is 0.199. The molecule has 39 heavy (non-hydrogen) atoms. The molecule has 0 aliphatic carbocycles. The Hall–Kier alpha value is -3.84. The highest BCUT2D eigenvalue weighted by Gasteiger charge is 2.46. The van der Waals surface area contributed by atoms with Gasteiger partial charge in [0.15, 0.2) is 6.61 Å². The summed E-state index contributed by atoms with van der Waals surface area (Å²) in [5, 5.41) is 7.68. The second-order valence-corrected chi connectivity index (χ2v) is 9.90. The number of fused-ring (bicyclic) bond motifs is 1. The molecular formula is C26H34N6O7. The molecule has 5 N–H and O–H groups in total. The molecule has 1 atom stereocenters. The van der Waals surface area contributed by atoms with Crippen molar-refractivity contribution in [2.45, 2.75) is 50.6 Å². The third kappa shape index (κ3) is 6.98. The van der Waals surface area contributed by atoms with Crippen LogP contribution in [0.5, 0.6) is 5.75 Å². The van der Waals surface area contributed by atoms with Crippen LogP contribution in [-0.2, 0) is 19.2 Å². The van der Waals surface area contributed by atoms with Crippen LogP contribution in [0.4, 0.5) is 0 Å². The summed E-state index contributed by atoms with van der Waals surface area (Å²) in [5.41, 5.74) is 5.95. The van der Waals surface area contributed by atoms with Crippen LogP contribution < -0.4 is 26.4 Å². The van der Waals surface area contributed by atoms with Gasteiger partial charge < -0.3 is 26.0 Å². The van der Waals surface area contributed by atoms with Gasteiger partial charge in [0.1, 0.15) is 11.8 Å². The van der Waals surface area contributed by atoms with Crippen LogP contribution in [0.1, 0.15) is 59.2 Å². The van der Waals surface area contributed by atoms with Gasteiger partial charge in [0, 0.05) is 38.5 Å². The third-order valence-electron chi connectivity index (χ3n) is 7.07. The van der Waals surface area contributed by atoms with Crippen molar-refractivity contribution in [1.29, 1.82) is 0 Å². The Kier molecular flexibility index (Phi) is 9.25. The van der Waals surface area contributed by atoms with Gasteiger partial charge in [-0.3, -0.25) is 39.0 Å². The zero-order valence-electron chi connectivity index (χ0n) is 21.7. The second kappa shape index (κ2) is 12.8. The first-order valence-electron chi connectivity index (χ1n) is 13.2. The van der Waals surface area contributed by atoms with Gasteiger partial charge in [0.2, 0.25) is 17.7 Å². The fourth-order valence-corrected chi connectivity index (χ4v) is 4.87. The van der Waals surface area contributed by atoms with E-state index in [0.29, 0.717) is 32.5 Å². The molecule has 2 fully saturated rings. The fourth-order valence-electron chi connectivity index (χ4n) is 4.87. The number of nitrogens with two attached hydrogens (primary N) is 1. The van der Waals surface area contributed by atoms with E-state index in [1.54, 1.807) is 0 Å². The Balaban J connectivity index is 1.17. The van der Waals surface area contributed by atoms with Crippen LogP contribution in [0, 0.1) is 0 Å². The molecule has 3 heterocycles. The molecule has 0 saturated carbocycles. The number of hydrogen-bond donors (Lipinski definition) is 4. The molecule has 210 valence electrons. The lowest BCUT2D eigenvalue weighted by molar-refractivity contribution is -0.136. The lowest BCUT2D eigenvalue weighted by Crippen LogP contribution is -2.54. The van der Waals surface area contributed by atoms with Crippen LogP contribution in [-0.4, -0.2) is 96.7 Å². The molecule has 1 unspecified atom stereocenters. The summed E-state index contributed by atoms with van der Waals surface area (Å²) in [5.74, 6) is -2.93. The van der Waals surface area contributed by atoms with Crippen LogP contribution in [0.3, 0.4) is 0 Å². The van der Waals surface area contributed by atoms with Gasteiger partial charge in [-0.25, -0.2) is 0 Å². The maximum atomic E-state index is 13.1. The van der Waals surface area contributed by atoms with Crippen molar-refractivity contribution in [1.82, 2.24) is 25.8 Å². The topological polar surface area (TPSA) is 180 Å². The van der Waals surface area contributed by atoms with E-state index in [0.717, 1.165) is 30.8 Å². The van der Waals surface area contributed by atoms with Gasteiger partial charge in [0.05, 0.1) is 11.1 Å². The maximum Gasteiger partial charge on any atom is 0.266 e. The molecule has 1 aromatic carbocycles. The molecule has 6 amide bonds. The molecule has 0 spiro atoms. The van der Waals surface area contributed by atoms with Gasteiger partial charge in [-0.15, -0.1) is 0 Å². The molecule has 13 heteroatoms. The highest BCUT2D eigenvalue weighted by Crippen LogP contribution is 2.33. The van der Waals surface area contributed by atoms with E-state index < -0.39 is 35.6 Å². The number of nitrogens with one attached hydrogen (secondary N) is 3. The van der Waals surface area contributed by atoms with Crippen molar-refractivity contribution < 1.29 is 33.5 Å². The van der Waals surface area contributed by atoms with Crippen LogP contribution >= 0.6 is 0 Å². The van der Waals surface area contributed by atoms with Crippen molar-refractivity contribution in [3.05, 3.63) is 29.3 Å². The van der Waals surface area contributed by atoms with Gasteiger partial charge in [-0.2, -0.15) is 0 Å². The predicted octanol–water partition coefficient (Wildman–Crippen LogP) is -1.10. The Morgan fingerprint density at radius 2 is 1.72 bits per heavy atom. The van der Waals surface area contributed by atoms with Crippen molar-refractivity contribution >= 4 is 35.4 Å². The average Bonchev–Trinajstić information content (AvgIpc) is 3.17. The molecule has 3 aliphatic heterocycles. The van der Waals surface area contributed by atoms with Crippen molar-refractivity contribution in [3.8, 4) is 5.75 Å². The number of rotatable bonds is 11. The lowest BCUT2D eigenvalue weighted by Gasteiger charge is -2.29. The largest absolute Gasteiger partial charge is 0.483 e. The van der Waals surface area contributed by atoms with Gasteiger partial charge in [-0.05, 0) is 50.9 Å². The number of piperidine rings is 2. The number of likely N-dealkylation sites (tertiary alicyclic amines) is 1. The van der Waals surface area contributed by atoms with E-state index >= 15 is 0 Å². The Morgan fingerprint density at radius 1 is 1.00 bits per heavy atom. The number of amides is 6. The summed E-state index contributed by atoms with van der Waals surface area (Å²) in [6.07, 6.45) is 2.91. The molecule has 13 nitrogen and oxygen atoms in total. The van der Waals surface area contributed by atoms with Crippen molar-refractivity contribution in [2.75, 3.05) is 39.3 Å². The minimum absolute atomic E-state index is 0.0184. The monoisotopic (exact) mass is 542 g/mol. The zero-order chi connectivity index (χ0) is 27.9. The summed E-state index contributed by atoms with van der Waals surface area (Å²) in [6.45, 7) is 2.88. The van der Waals surface area contributed by atoms with E-state index in [-0.39, 0.29) is 48.3 Å². The summed E-state index contributed by atoms with van der Waals surface area (Å²) in [4.78, 5) is 77.0. The number of carbonyl (C=O) groups excluding carboxylic acids is 6. The zero-order valence-corrected chi connectivity index (χ0v) is 21.7. The molecular weight excluding hydrogens is 508 g/mol. The fraction of sp³-hybridized carbons (Fsp3) is 0.538. The number of ether oxygens (including phenoxy) is 1. The summed E-state index contributed by atoms with van der Waals surface area (Å²) < 4.78 is 5.55. The van der Waals surface area contributed by atoms with Crippen LogP contribution in [0.2, 0.25) is 0 Å². The molecule has 4 rings (SSSR count). The number of imide groups is 2. The smallest absolute Gasteiger partial charge is 0.266 e. The van der Waals surface area contributed by atoms with Crippen molar-refractivity contribution in [3.63, 3.8) is 0 Å². The number of nitrogens with zero attached hydrogens (tertiary/aromatic N) is 2. The lowest BCUT2D eigenvalue weighted by atomic mass is 10.0. The first-order valence-corrected chi connectivity index (χ1v) is 13.2. The number of hydrogen-bond acceptors (Lipinski definition) is 9. The van der Waals surface area contributed by atoms with E-state index in [1.807, 2.05) is 0 Å². The standard InChI is InChI=1S/C26H34N6O7/c27-16-7-12-31(13-8-16)14-9-20(33)28-10-2-11-29-22(35)15-39-19-4-1-3-17-23(19)26(38)32(25(17)37)18-5-6-21(34)30-24(18)36/h1,3-4,16,18H,2,5-15,27H2,(H,28,33)(H,29,35)(H,30,34,36). The van der Waals surface area contributed by atoms with Gasteiger partial charge in [-0.1, -0.05) is 6.07 Å². The van der Waals surface area contributed by atoms with Gasteiger partial charge >= 0.3 is 0 Å². The molecule has 1 aromatic rings. The minimum Gasteiger partial charge on any atom is -0.483 e. The normalized spacial score (nSPS) is 20.0. The Morgan fingerprint density at radius 3 is 2.44 bits per heavy atom. The summed E-state index contributed by atoms with van der Waals surface area (Å²) >= 11 is 0. The molecule has 3 aliphatic rings. The molecule has 0 bridgehead atoms. The van der Waals surface area contributed by atoms with Crippen LogP contribution in [0.25, 0.3) is 0 Å². The first kappa shape index (κ1) is 28.2. The van der Waals surface area contributed by atoms with E-state index in [9.17, 15) is 28.8 Å². The molecule has 2 saturated heterocycles.